The summed E-state index contributed by atoms with van der Waals surface area (Å²) in [5.41, 5.74) is 3.18. The summed E-state index contributed by atoms with van der Waals surface area (Å²) < 4.78 is 27.6. The number of piperidine rings is 2. The molecular formula is C26H34ClF2N3. The highest BCUT2D eigenvalue weighted by Crippen LogP contribution is 2.48. The van der Waals surface area contributed by atoms with Crippen molar-refractivity contribution in [2.75, 3.05) is 44.2 Å². The van der Waals surface area contributed by atoms with Crippen molar-refractivity contribution in [3.8, 4) is 0 Å². The summed E-state index contributed by atoms with van der Waals surface area (Å²) in [7, 11) is 0. The third-order valence-electron chi connectivity index (χ3n) is 7.39. The number of halogens is 3. The molecule has 6 heteroatoms. The van der Waals surface area contributed by atoms with Crippen molar-refractivity contribution in [1.82, 2.24) is 9.80 Å². The molecule has 0 spiro atoms. The van der Waals surface area contributed by atoms with Crippen LogP contribution in [0.3, 0.4) is 0 Å². The molecule has 32 heavy (non-hydrogen) atoms. The first-order valence-electron chi connectivity index (χ1n) is 12.0. The number of hydrogen-bond donors (Lipinski definition) is 0. The number of hydrogen-bond acceptors (Lipinski definition) is 3. The lowest BCUT2D eigenvalue weighted by Gasteiger charge is -2.39. The van der Waals surface area contributed by atoms with E-state index in [2.05, 4.69) is 14.7 Å². The number of fused-ring (bicyclic) bond motifs is 3. The maximum Gasteiger partial charge on any atom is 0.123 e. The molecule has 5 rings (SSSR count). The zero-order chi connectivity index (χ0) is 21.2. The van der Waals surface area contributed by atoms with Crippen LogP contribution in [0.5, 0.6) is 0 Å². The molecule has 3 aliphatic heterocycles. The van der Waals surface area contributed by atoms with Crippen LogP contribution in [0.15, 0.2) is 42.5 Å². The number of unbranched alkanes of at least 4 members (excludes halogenated alkanes) is 1. The zero-order valence-corrected chi connectivity index (χ0v) is 19.5. The van der Waals surface area contributed by atoms with Crippen molar-refractivity contribution in [3.63, 3.8) is 0 Å². The molecule has 0 aliphatic carbocycles. The van der Waals surface area contributed by atoms with Crippen LogP contribution < -0.4 is 4.90 Å². The smallest absolute Gasteiger partial charge is 0.123 e. The second-order valence-electron chi connectivity index (χ2n) is 9.42. The molecular weight excluding hydrogens is 428 g/mol. The minimum atomic E-state index is -0.224. The van der Waals surface area contributed by atoms with E-state index in [0.717, 1.165) is 43.0 Å². The zero-order valence-electron chi connectivity index (χ0n) is 18.7. The van der Waals surface area contributed by atoms with Gasteiger partial charge in [0.2, 0.25) is 0 Å². The standard InChI is InChI=1S/C26H33F2N3.ClH/c27-20-6-9-22(10-7-20)31-25-11-8-21(28)18-23(25)24-19-30(17-12-26(24)31)16-5-4-15-29-13-2-1-3-14-29;/h6-11,18,24,26H,1-5,12-17,19H2;1H. The van der Waals surface area contributed by atoms with Gasteiger partial charge in [-0.05, 0) is 106 Å². The van der Waals surface area contributed by atoms with E-state index in [-0.39, 0.29) is 24.0 Å². The van der Waals surface area contributed by atoms with Gasteiger partial charge < -0.3 is 14.7 Å². The van der Waals surface area contributed by atoms with Gasteiger partial charge in [0.05, 0.1) is 0 Å². The Bertz CT molecular complexity index is 885. The largest absolute Gasteiger partial charge is 0.337 e. The molecule has 2 aromatic carbocycles. The van der Waals surface area contributed by atoms with Crippen LogP contribution in [0, 0.1) is 11.6 Å². The first kappa shape index (κ1) is 23.5. The van der Waals surface area contributed by atoms with Crippen molar-refractivity contribution in [1.29, 1.82) is 0 Å². The molecule has 3 aliphatic rings. The van der Waals surface area contributed by atoms with Crippen molar-refractivity contribution >= 4 is 23.8 Å². The van der Waals surface area contributed by atoms with Gasteiger partial charge in [0.1, 0.15) is 11.6 Å². The summed E-state index contributed by atoms with van der Waals surface area (Å²) in [6.07, 6.45) is 7.64. The fourth-order valence-electron chi connectivity index (χ4n) is 5.83. The third kappa shape index (κ3) is 4.95. The Morgan fingerprint density at radius 2 is 1.47 bits per heavy atom. The summed E-state index contributed by atoms with van der Waals surface area (Å²) in [6.45, 7) is 6.94. The summed E-state index contributed by atoms with van der Waals surface area (Å²) in [5, 5.41) is 0. The topological polar surface area (TPSA) is 9.72 Å². The van der Waals surface area contributed by atoms with E-state index < -0.39 is 0 Å². The first-order chi connectivity index (χ1) is 15.2. The van der Waals surface area contributed by atoms with Crippen LogP contribution in [0.1, 0.15) is 50.0 Å². The summed E-state index contributed by atoms with van der Waals surface area (Å²) in [6, 6.07) is 12.2. The Labute approximate surface area is 196 Å². The number of likely N-dealkylation sites (tertiary alicyclic amines) is 2. The van der Waals surface area contributed by atoms with Gasteiger partial charge in [-0.25, -0.2) is 8.78 Å². The third-order valence-corrected chi connectivity index (χ3v) is 7.39. The average molecular weight is 462 g/mol. The number of rotatable bonds is 6. The summed E-state index contributed by atoms with van der Waals surface area (Å²) in [4.78, 5) is 7.50. The van der Waals surface area contributed by atoms with Crippen molar-refractivity contribution in [3.05, 3.63) is 59.7 Å². The van der Waals surface area contributed by atoms with E-state index in [1.165, 1.54) is 63.9 Å². The minimum absolute atomic E-state index is 0. The molecule has 2 unspecified atom stereocenters. The Hall–Kier alpha value is -1.69. The molecule has 0 aromatic heterocycles. The van der Waals surface area contributed by atoms with Crippen LogP contribution in [-0.2, 0) is 0 Å². The van der Waals surface area contributed by atoms with Gasteiger partial charge in [0.25, 0.3) is 0 Å². The van der Waals surface area contributed by atoms with Gasteiger partial charge in [-0.1, -0.05) is 6.42 Å². The average Bonchev–Trinajstić information content (AvgIpc) is 3.11. The molecule has 0 N–H and O–H groups in total. The predicted molar refractivity (Wildman–Crippen MR) is 129 cm³/mol. The molecule has 174 valence electrons. The maximum atomic E-state index is 14.1. The van der Waals surface area contributed by atoms with Crippen LogP contribution in [-0.4, -0.2) is 55.1 Å². The molecule has 2 aromatic rings. The molecule has 2 atom stereocenters. The SMILES string of the molecule is Cl.Fc1ccc(N2c3ccc(F)cc3C3CN(CCCCN4CCCCC4)CCC32)cc1. The van der Waals surface area contributed by atoms with Gasteiger partial charge >= 0.3 is 0 Å². The second kappa shape index (κ2) is 10.5. The van der Waals surface area contributed by atoms with E-state index >= 15 is 0 Å². The molecule has 3 heterocycles. The summed E-state index contributed by atoms with van der Waals surface area (Å²) in [5.74, 6) is -0.0955. The molecule has 0 bridgehead atoms. The lowest BCUT2D eigenvalue weighted by atomic mass is 9.89. The summed E-state index contributed by atoms with van der Waals surface area (Å²) >= 11 is 0. The van der Waals surface area contributed by atoms with E-state index in [9.17, 15) is 8.78 Å². The highest BCUT2D eigenvalue weighted by molar-refractivity contribution is 5.85. The van der Waals surface area contributed by atoms with Crippen LogP contribution in [0.25, 0.3) is 0 Å². The van der Waals surface area contributed by atoms with Gasteiger partial charge in [-0.2, -0.15) is 0 Å². The van der Waals surface area contributed by atoms with Gasteiger partial charge in [0, 0.05) is 36.4 Å². The number of anilines is 2. The first-order valence-corrected chi connectivity index (χ1v) is 12.0. The fourth-order valence-corrected chi connectivity index (χ4v) is 5.83. The van der Waals surface area contributed by atoms with E-state index in [1.807, 2.05) is 18.2 Å². The fraction of sp³-hybridized carbons (Fsp3) is 0.538. The molecule has 0 saturated carbocycles. The lowest BCUT2D eigenvalue weighted by Crippen LogP contribution is -2.45. The monoisotopic (exact) mass is 461 g/mol. The molecule has 3 nitrogen and oxygen atoms in total. The van der Waals surface area contributed by atoms with Gasteiger partial charge in [0.15, 0.2) is 0 Å². The molecule has 0 amide bonds. The Kier molecular flexibility index (Phi) is 7.70. The van der Waals surface area contributed by atoms with E-state index in [0.29, 0.717) is 12.0 Å². The highest BCUT2D eigenvalue weighted by atomic mass is 35.5. The van der Waals surface area contributed by atoms with E-state index in [1.54, 1.807) is 12.1 Å². The van der Waals surface area contributed by atoms with Crippen molar-refractivity contribution in [2.45, 2.75) is 50.5 Å². The normalized spacial score (nSPS) is 23.5. The quantitative estimate of drug-likeness (QED) is 0.491. The van der Waals surface area contributed by atoms with Crippen LogP contribution >= 0.6 is 12.4 Å². The highest BCUT2D eigenvalue weighted by Gasteiger charge is 2.42. The Balaban J connectivity index is 0.00000245. The van der Waals surface area contributed by atoms with E-state index in [4.69, 9.17) is 0 Å². The molecule has 2 fully saturated rings. The van der Waals surface area contributed by atoms with Crippen molar-refractivity contribution in [2.24, 2.45) is 0 Å². The van der Waals surface area contributed by atoms with Crippen molar-refractivity contribution < 1.29 is 8.78 Å². The number of benzene rings is 2. The minimum Gasteiger partial charge on any atom is -0.337 e. The number of nitrogens with zero attached hydrogens (tertiary/aromatic N) is 3. The van der Waals surface area contributed by atoms with Crippen LogP contribution in [0.2, 0.25) is 0 Å². The maximum absolute atomic E-state index is 14.1. The second-order valence-corrected chi connectivity index (χ2v) is 9.42. The van der Waals surface area contributed by atoms with Gasteiger partial charge in [-0.3, -0.25) is 0 Å². The Morgan fingerprint density at radius 3 is 2.22 bits per heavy atom. The van der Waals surface area contributed by atoms with Crippen LogP contribution in [0.4, 0.5) is 20.2 Å². The lowest BCUT2D eigenvalue weighted by molar-refractivity contribution is 0.183. The van der Waals surface area contributed by atoms with Gasteiger partial charge in [-0.15, -0.1) is 12.4 Å². The molecule has 0 radical (unpaired) electrons. The molecule has 2 saturated heterocycles. The Morgan fingerprint density at radius 1 is 0.781 bits per heavy atom. The predicted octanol–water partition coefficient (Wildman–Crippen LogP) is 5.96.